The molecule has 4 rings (SSSR count). The molecule has 0 bridgehead atoms. The van der Waals surface area contributed by atoms with Crippen LogP contribution in [0.4, 0.5) is 11.4 Å². The first-order chi connectivity index (χ1) is 14.9. The van der Waals surface area contributed by atoms with Gasteiger partial charge in [0.05, 0.1) is 28.9 Å². The summed E-state index contributed by atoms with van der Waals surface area (Å²) in [5.74, 6) is -0.578. The second-order valence-electron chi connectivity index (χ2n) is 7.07. The summed E-state index contributed by atoms with van der Waals surface area (Å²) in [6.07, 6.45) is 0. The van der Waals surface area contributed by atoms with E-state index in [1.807, 2.05) is 42.5 Å². The molecule has 0 heterocycles. The van der Waals surface area contributed by atoms with Crippen molar-refractivity contribution in [1.82, 2.24) is 0 Å². The number of anilines is 2. The van der Waals surface area contributed by atoms with Crippen LogP contribution >= 0.6 is 0 Å². The van der Waals surface area contributed by atoms with Crippen LogP contribution in [0, 0.1) is 6.92 Å². The van der Waals surface area contributed by atoms with E-state index in [1.54, 1.807) is 43.3 Å². The number of carbonyl (C=O) groups excluding carboxylic acids is 1. The summed E-state index contributed by atoms with van der Waals surface area (Å²) in [5.41, 5.74) is 1.89. The molecule has 0 aliphatic carbocycles. The van der Waals surface area contributed by atoms with Crippen LogP contribution in [0.2, 0.25) is 0 Å². The maximum absolute atomic E-state index is 13.9. The molecule has 0 aromatic heterocycles. The summed E-state index contributed by atoms with van der Waals surface area (Å²) < 4.78 is 34.0. The summed E-state index contributed by atoms with van der Waals surface area (Å²) in [5, 5.41) is 1.73. The van der Waals surface area contributed by atoms with Gasteiger partial charge in [-0.3, -0.25) is 0 Å². The summed E-state index contributed by atoms with van der Waals surface area (Å²) >= 11 is 0. The van der Waals surface area contributed by atoms with E-state index < -0.39 is 16.0 Å². The normalized spacial score (nSPS) is 11.3. The lowest BCUT2D eigenvalue weighted by Gasteiger charge is -2.26. The maximum Gasteiger partial charge on any atom is 0.338 e. The van der Waals surface area contributed by atoms with Crippen LogP contribution in [0.1, 0.15) is 15.9 Å². The molecule has 31 heavy (non-hydrogen) atoms. The van der Waals surface area contributed by atoms with Gasteiger partial charge in [-0.05, 0) is 48.2 Å². The van der Waals surface area contributed by atoms with E-state index in [1.165, 1.54) is 23.5 Å². The number of ether oxygens (including phenoxy) is 1. The van der Waals surface area contributed by atoms with Crippen molar-refractivity contribution in [2.45, 2.75) is 11.8 Å². The molecule has 0 aliphatic heterocycles. The highest BCUT2D eigenvalue weighted by Crippen LogP contribution is 2.37. The Morgan fingerprint density at radius 3 is 2.26 bits per heavy atom. The molecule has 0 radical (unpaired) electrons. The Kier molecular flexibility index (Phi) is 5.48. The van der Waals surface area contributed by atoms with Crippen molar-refractivity contribution < 1.29 is 17.9 Å². The molecule has 0 N–H and O–H groups in total. The van der Waals surface area contributed by atoms with E-state index in [0.29, 0.717) is 16.9 Å². The lowest BCUT2D eigenvalue weighted by atomic mass is 10.1. The fourth-order valence-corrected chi connectivity index (χ4v) is 5.09. The molecule has 0 spiro atoms. The zero-order valence-electron chi connectivity index (χ0n) is 17.1. The van der Waals surface area contributed by atoms with E-state index in [-0.39, 0.29) is 10.5 Å². The van der Waals surface area contributed by atoms with Crippen molar-refractivity contribution >= 4 is 38.1 Å². The minimum absolute atomic E-state index is 0.00953. The van der Waals surface area contributed by atoms with E-state index in [0.717, 1.165) is 10.8 Å². The predicted molar refractivity (Wildman–Crippen MR) is 122 cm³/mol. The van der Waals surface area contributed by atoms with Crippen LogP contribution in [0.25, 0.3) is 10.8 Å². The maximum atomic E-state index is 13.9. The van der Waals surface area contributed by atoms with Crippen LogP contribution < -0.4 is 4.31 Å². The van der Waals surface area contributed by atoms with Crippen LogP contribution in [0.15, 0.2) is 95.9 Å². The monoisotopic (exact) mass is 431 g/mol. The first-order valence-electron chi connectivity index (χ1n) is 9.70. The topological polar surface area (TPSA) is 63.7 Å². The predicted octanol–water partition coefficient (Wildman–Crippen LogP) is 5.46. The third-order valence-corrected chi connectivity index (χ3v) is 6.87. The SMILES string of the molecule is COC(=O)c1cc(S(=O)(=O)N(c2ccccc2)c2cccc3ccccc23)ccc1C. The Balaban J connectivity index is 1.98. The number of carbonyl (C=O) groups is 1. The number of benzene rings is 4. The quantitative estimate of drug-likeness (QED) is 0.394. The summed E-state index contributed by atoms with van der Waals surface area (Å²) in [7, 11) is -2.78. The number of methoxy groups -OCH3 is 1. The molecular weight excluding hydrogens is 410 g/mol. The Bertz CT molecular complexity index is 1360. The van der Waals surface area contributed by atoms with E-state index in [2.05, 4.69) is 0 Å². The van der Waals surface area contributed by atoms with Crippen LogP contribution in [-0.4, -0.2) is 21.5 Å². The third kappa shape index (κ3) is 3.78. The molecule has 0 amide bonds. The average Bonchev–Trinajstić information content (AvgIpc) is 2.79. The molecular formula is C25H21NO4S. The Morgan fingerprint density at radius 1 is 0.839 bits per heavy atom. The van der Waals surface area contributed by atoms with Gasteiger partial charge in [-0.1, -0.05) is 60.7 Å². The van der Waals surface area contributed by atoms with E-state index in [9.17, 15) is 13.2 Å². The minimum atomic E-state index is -4.05. The van der Waals surface area contributed by atoms with Gasteiger partial charge in [0, 0.05) is 5.39 Å². The van der Waals surface area contributed by atoms with Gasteiger partial charge >= 0.3 is 5.97 Å². The molecule has 5 nitrogen and oxygen atoms in total. The van der Waals surface area contributed by atoms with Crippen molar-refractivity contribution in [3.63, 3.8) is 0 Å². The van der Waals surface area contributed by atoms with Gasteiger partial charge in [-0.2, -0.15) is 0 Å². The molecule has 0 unspecified atom stereocenters. The number of esters is 1. The van der Waals surface area contributed by atoms with Gasteiger partial charge in [-0.15, -0.1) is 0 Å². The number of hydrogen-bond donors (Lipinski definition) is 0. The molecule has 0 atom stereocenters. The highest BCUT2D eigenvalue weighted by atomic mass is 32.2. The number of aryl methyl sites for hydroxylation is 1. The molecule has 156 valence electrons. The first-order valence-corrected chi connectivity index (χ1v) is 11.1. The van der Waals surface area contributed by atoms with E-state index >= 15 is 0 Å². The Hall–Kier alpha value is -3.64. The van der Waals surface area contributed by atoms with Crippen molar-refractivity contribution in [1.29, 1.82) is 0 Å². The van der Waals surface area contributed by atoms with Crippen LogP contribution in [0.5, 0.6) is 0 Å². The fourth-order valence-electron chi connectivity index (χ4n) is 3.55. The van der Waals surface area contributed by atoms with Gasteiger partial charge in [0.15, 0.2) is 0 Å². The smallest absolute Gasteiger partial charge is 0.338 e. The lowest BCUT2D eigenvalue weighted by Crippen LogP contribution is -2.27. The second-order valence-corrected chi connectivity index (χ2v) is 8.86. The highest BCUT2D eigenvalue weighted by molar-refractivity contribution is 7.93. The van der Waals surface area contributed by atoms with Gasteiger partial charge in [-0.25, -0.2) is 17.5 Å². The number of sulfonamides is 1. The number of rotatable bonds is 5. The van der Waals surface area contributed by atoms with Crippen LogP contribution in [0.3, 0.4) is 0 Å². The largest absolute Gasteiger partial charge is 0.465 e. The zero-order chi connectivity index (χ0) is 22.0. The molecule has 0 aliphatic rings. The number of hydrogen-bond acceptors (Lipinski definition) is 4. The molecule has 6 heteroatoms. The molecule has 0 saturated carbocycles. The first kappa shape index (κ1) is 20.6. The standard InChI is InChI=1S/C25H21NO4S/c1-18-15-16-21(17-23(18)25(27)30-2)31(28,29)26(20-11-4-3-5-12-20)24-14-8-10-19-9-6-7-13-22(19)24/h3-17H,1-2H3. The molecule has 0 saturated heterocycles. The van der Waals surface area contributed by atoms with Crippen molar-refractivity contribution in [3.8, 4) is 0 Å². The Morgan fingerprint density at radius 2 is 1.52 bits per heavy atom. The zero-order valence-corrected chi connectivity index (χ0v) is 18.0. The lowest BCUT2D eigenvalue weighted by molar-refractivity contribution is 0.0599. The number of para-hydroxylation sites is 1. The fraction of sp³-hybridized carbons (Fsp3) is 0.0800. The number of fused-ring (bicyclic) bond motifs is 1. The average molecular weight is 432 g/mol. The molecule has 0 fully saturated rings. The Labute approximate surface area is 181 Å². The second kappa shape index (κ2) is 8.24. The van der Waals surface area contributed by atoms with Crippen molar-refractivity contribution in [2.24, 2.45) is 0 Å². The van der Waals surface area contributed by atoms with Crippen molar-refractivity contribution in [2.75, 3.05) is 11.4 Å². The third-order valence-electron chi connectivity index (χ3n) is 5.13. The van der Waals surface area contributed by atoms with Gasteiger partial charge < -0.3 is 4.74 Å². The van der Waals surface area contributed by atoms with Gasteiger partial charge in [0.2, 0.25) is 0 Å². The minimum Gasteiger partial charge on any atom is -0.465 e. The van der Waals surface area contributed by atoms with E-state index in [4.69, 9.17) is 4.74 Å². The summed E-state index contributed by atoms with van der Waals surface area (Å²) in [6.45, 7) is 1.74. The summed E-state index contributed by atoms with van der Waals surface area (Å²) in [4.78, 5) is 12.2. The van der Waals surface area contributed by atoms with Crippen LogP contribution in [-0.2, 0) is 14.8 Å². The highest BCUT2D eigenvalue weighted by Gasteiger charge is 2.29. The molecule has 4 aromatic carbocycles. The summed E-state index contributed by atoms with van der Waals surface area (Å²) in [6, 6.07) is 26.6. The van der Waals surface area contributed by atoms with Gasteiger partial charge in [0.1, 0.15) is 0 Å². The van der Waals surface area contributed by atoms with Crippen molar-refractivity contribution in [3.05, 3.63) is 102 Å². The molecule has 4 aromatic rings. The number of nitrogens with zero attached hydrogens (tertiary/aromatic N) is 1. The van der Waals surface area contributed by atoms with Gasteiger partial charge in [0.25, 0.3) is 10.0 Å².